The minimum absolute atomic E-state index is 0.114. The van der Waals surface area contributed by atoms with Crippen molar-refractivity contribution in [1.29, 1.82) is 0 Å². The van der Waals surface area contributed by atoms with Gasteiger partial charge in [0, 0.05) is 20.6 Å². The van der Waals surface area contributed by atoms with E-state index in [-0.39, 0.29) is 12.0 Å². The van der Waals surface area contributed by atoms with Crippen molar-refractivity contribution in [1.82, 2.24) is 20.4 Å². The van der Waals surface area contributed by atoms with Gasteiger partial charge in [-0.05, 0) is 44.7 Å². The molecule has 7 nitrogen and oxygen atoms in total. The summed E-state index contributed by atoms with van der Waals surface area (Å²) in [6.07, 6.45) is 2.74. The smallest absolute Gasteiger partial charge is 0.246 e. The van der Waals surface area contributed by atoms with Crippen LogP contribution in [0.25, 0.3) is 0 Å². The van der Waals surface area contributed by atoms with Gasteiger partial charge in [0.05, 0.1) is 6.54 Å². The average Bonchev–Trinajstić information content (AvgIpc) is 3.03. The maximum Gasteiger partial charge on any atom is 0.246 e. The Morgan fingerprint density at radius 3 is 2.96 bits per heavy atom. The highest BCUT2D eigenvalue weighted by Gasteiger charge is 2.24. The molecule has 0 aliphatic carbocycles. The van der Waals surface area contributed by atoms with E-state index in [1.165, 1.54) is 12.8 Å². The van der Waals surface area contributed by atoms with Crippen LogP contribution in [0.5, 0.6) is 0 Å². The molecule has 3 atom stereocenters. The first-order valence-electron chi connectivity index (χ1n) is 8.31. The second-order valence-electron chi connectivity index (χ2n) is 6.46. The lowest BCUT2D eigenvalue weighted by atomic mass is 9.85. The van der Waals surface area contributed by atoms with E-state index >= 15 is 0 Å². The normalized spacial score (nSPS) is 21.0. The largest absolute Gasteiger partial charge is 0.374 e. The van der Waals surface area contributed by atoms with Crippen LogP contribution in [0.15, 0.2) is 4.52 Å². The number of amides is 1. The summed E-state index contributed by atoms with van der Waals surface area (Å²) in [5, 5.41) is 7.28. The van der Waals surface area contributed by atoms with Crippen LogP contribution in [-0.2, 0) is 16.1 Å². The fourth-order valence-electron chi connectivity index (χ4n) is 2.86. The van der Waals surface area contributed by atoms with Crippen molar-refractivity contribution in [2.24, 2.45) is 11.8 Å². The van der Waals surface area contributed by atoms with Gasteiger partial charge in [-0.2, -0.15) is 4.98 Å². The summed E-state index contributed by atoms with van der Waals surface area (Å²) in [7, 11) is 3.37. The highest BCUT2D eigenvalue weighted by molar-refractivity contribution is 5.76. The molecule has 1 aromatic rings. The number of rotatable bonds is 7. The Kier molecular flexibility index (Phi) is 6.53. The van der Waals surface area contributed by atoms with Crippen molar-refractivity contribution in [2.45, 2.75) is 45.8 Å². The summed E-state index contributed by atoms with van der Waals surface area (Å²) in [6, 6.07) is 0. The fraction of sp³-hybridized carbons (Fsp3) is 0.812. The van der Waals surface area contributed by atoms with Crippen LogP contribution in [0.1, 0.15) is 50.9 Å². The molecule has 1 saturated heterocycles. The number of nitrogens with one attached hydrogen (secondary N) is 1. The number of hydrogen-bond donors (Lipinski definition) is 1. The quantitative estimate of drug-likeness (QED) is 0.823. The third-order valence-electron chi connectivity index (χ3n) is 4.64. The lowest BCUT2D eigenvalue weighted by molar-refractivity contribution is -0.132. The van der Waals surface area contributed by atoms with Gasteiger partial charge in [0.25, 0.3) is 0 Å². The van der Waals surface area contributed by atoms with Gasteiger partial charge in [-0.1, -0.05) is 12.1 Å². The van der Waals surface area contributed by atoms with Crippen molar-refractivity contribution < 1.29 is 14.1 Å². The second kappa shape index (κ2) is 8.40. The Morgan fingerprint density at radius 2 is 2.30 bits per heavy atom. The zero-order chi connectivity index (χ0) is 16.8. The van der Waals surface area contributed by atoms with Crippen LogP contribution in [0.4, 0.5) is 0 Å². The van der Waals surface area contributed by atoms with Crippen LogP contribution in [0, 0.1) is 11.8 Å². The van der Waals surface area contributed by atoms with Gasteiger partial charge in [-0.3, -0.25) is 4.79 Å². The molecule has 1 fully saturated rings. The number of nitrogens with zero attached hydrogens (tertiary/aromatic N) is 3. The second-order valence-corrected chi connectivity index (χ2v) is 6.46. The number of piperidine rings is 1. The number of ether oxygens (including phenoxy) is 1. The van der Waals surface area contributed by atoms with Gasteiger partial charge in [-0.25, -0.2) is 0 Å². The third kappa shape index (κ3) is 5.00. The molecule has 3 unspecified atom stereocenters. The summed E-state index contributed by atoms with van der Waals surface area (Å²) < 4.78 is 10.3. The summed E-state index contributed by atoms with van der Waals surface area (Å²) in [5.74, 6) is 2.02. The Morgan fingerprint density at radius 1 is 1.52 bits per heavy atom. The monoisotopic (exact) mass is 324 g/mol. The zero-order valence-corrected chi connectivity index (χ0v) is 14.5. The van der Waals surface area contributed by atoms with Gasteiger partial charge in [0.2, 0.25) is 11.8 Å². The molecule has 2 heterocycles. The lowest BCUT2D eigenvalue weighted by Crippen LogP contribution is -2.36. The number of aromatic nitrogens is 2. The first-order chi connectivity index (χ1) is 11.0. The van der Waals surface area contributed by atoms with Gasteiger partial charge in [-0.15, -0.1) is 0 Å². The molecule has 1 aliphatic heterocycles. The van der Waals surface area contributed by atoms with E-state index < -0.39 is 0 Å². The van der Waals surface area contributed by atoms with Crippen LogP contribution in [-0.4, -0.2) is 48.2 Å². The first-order valence-corrected chi connectivity index (χ1v) is 8.31. The summed E-state index contributed by atoms with van der Waals surface area (Å²) in [6.45, 7) is 6.45. The standard InChI is InChI=1S/C16H28N4O3/c1-11(13-6-5-7-17-9-13)8-15(21)20(3)10-14-18-16(19-23-14)12(2)22-4/h11-13,17H,5-10H2,1-4H3. The van der Waals surface area contributed by atoms with E-state index in [9.17, 15) is 4.79 Å². The van der Waals surface area contributed by atoms with Gasteiger partial charge in [0.15, 0.2) is 5.82 Å². The number of hydrogen-bond acceptors (Lipinski definition) is 6. The molecule has 1 amide bonds. The Bertz CT molecular complexity index is 499. The minimum atomic E-state index is -0.215. The third-order valence-corrected chi connectivity index (χ3v) is 4.64. The van der Waals surface area contributed by atoms with Crippen molar-refractivity contribution in [3.63, 3.8) is 0 Å². The van der Waals surface area contributed by atoms with E-state index in [2.05, 4.69) is 22.4 Å². The molecule has 0 bridgehead atoms. The first kappa shape index (κ1) is 17.9. The predicted molar refractivity (Wildman–Crippen MR) is 85.6 cm³/mol. The molecule has 0 saturated carbocycles. The Hall–Kier alpha value is -1.47. The summed E-state index contributed by atoms with van der Waals surface area (Å²) in [4.78, 5) is 18.3. The number of carbonyl (C=O) groups is 1. The van der Waals surface area contributed by atoms with E-state index in [0.29, 0.717) is 36.5 Å². The van der Waals surface area contributed by atoms with Gasteiger partial charge < -0.3 is 19.5 Å². The van der Waals surface area contributed by atoms with E-state index in [4.69, 9.17) is 9.26 Å². The van der Waals surface area contributed by atoms with Crippen molar-refractivity contribution in [3.05, 3.63) is 11.7 Å². The zero-order valence-electron chi connectivity index (χ0n) is 14.5. The molecular weight excluding hydrogens is 296 g/mol. The fourth-order valence-corrected chi connectivity index (χ4v) is 2.86. The van der Waals surface area contributed by atoms with Crippen molar-refractivity contribution >= 4 is 5.91 Å². The highest BCUT2D eigenvalue weighted by atomic mass is 16.5. The molecule has 0 spiro atoms. The molecule has 7 heteroatoms. The van der Waals surface area contributed by atoms with Crippen LogP contribution in [0.3, 0.4) is 0 Å². The molecular formula is C16H28N4O3. The minimum Gasteiger partial charge on any atom is -0.374 e. The molecule has 2 rings (SSSR count). The lowest BCUT2D eigenvalue weighted by Gasteiger charge is -2.29. The maximum atomic E-state index is 12.4. The Labute approximate surface area is 137 Å². The van der Waals surface area contributed by atoms with Crippen molar-refractivity contribution in [3.8, 4) is 0 Å². The van der Waals surface area contributed by atoms with E-state index in [0.717, 1.165) is 13.1 Å². The van der Waals surface area contributed by atoms with Crippen LogP contribution in [0.2, 0.25) is 0 Å². The molecule has 0 aromatic carbocycles. The van der Waals surface area contributed by atoms with E-state index in [1.54, 1.807) is 19.1 Å². The van der Waals surface area contributed by atoms with E-state index in [1.807, 2.05) is 6.92 Å². The Balaban J connectivity index is 1.83. The van der Waals surface area contributed by atoms with Gasteiger partial charge in [0.1, 0.15) is 6.10 Å². The summed E-state index contributed by atoms with van der Waals surface area (Å²) in [5.41, 5.74) is 0. The molecule has 1 N–H and O–H groups in total. The number of carbonyl (C=O) groups excluding carboxylic acids is 1. The SMILES string of the molecule is COC(C)c1noc(CN(C)C(=O)CC(C)C2CCCNC2)n1. The average molecular weight is 324 g/mol. The number of methoxy groups -OCH3 is 1. The predicted octanol–water partition coefficient (Wildman–Crippen LogP) is 1.76. The maximum absolute atomic E-state index is 12.4. The topological polar surface area (TPSA) is 80.5 Å². The molecule has 130 valence electrons. The van der Waals surface area contributed by atoms with Crippen LogP contribution >= 0.6 is 0 Å². The van der Waals surface area contributed by atoms with Gasteiger partial charge >= 0.3 is 0 Å². The summed E-state index contributed by atoms with van der Waals surface area (Å²) >= 11 is 0. The molecule has 1 aromatic heterocycles. The molecule has 1 aliphatic rings. The molecule has 23 heavy (non-hydrogen) atoms. The van der Waals surface area contributed by atoms with Crippen LogP contribution < -0.4 is 5.32 Å². The van der Waals surface area contributed by atoms with Crippen molar-refractivity contribution in [2.75, 3.05) is 27.2 Å². The molecule has 0 radical (unpaired) electrons. The highest BCUT2D eigenvalue weighted by Crippen LogP contribution is 2.23.